The average Bonchev–Trinajstić information content (AvgIpc) is 3.20. The standard InChI is InChI=1S/C22H28F3N3O2/c1-7-15(4)19(21(29-6,14(2)3)20-13-26-28-27-20)11-9-17-12-18(10-8-16(17)5)30-22(23,24)25/h8-14H,7H2,1-6H3,(H,26,27,28). The van der Waals surface area contributed by atoms with E-state index in [9.17, 15) is 13.2 Å². The highest BCUT2D eigenvalue weighted by molar-refractivity contribution is 5.60. The summed E-state index contributed by atoms with van der Waals surface area (Å²) < 4.78 is 47.9. The van der Waals surface area contributed by atoms with Crippen LogP contribution in [0.2, 0.25) is 0 Å². The number of nitrogens with one attached hydrogen (secondary N) is 1. The van der Waals surface area contributed by atoms with Gasteiger partial charge in [-0.3, -0.25) is 0 Å². The van der Waals surface area contributed by atoms with Crippen molar-refractivity contribution in [3.05, 3.63) is 58.4 Å². The van der Waals surface area contributed by atoms with Crippen molar-refractivity contribution in [3.8, 4) is 5.75 Å². The van der Waals surface area contributed by atoms with Gasteiger partial charge < -0.3 is 9.47 Å². The van der Waals surface area contributed by atoms with Gasteiger partial charge in [0.25, 0.3) is 0 Å². The number of nitrogens with zero attached hydrogens (tertiary/aromatic N) is 2. The molecule has 0 aliphatic rings. The van der Waals surface area contributed by atoms with Crippen LogP contribution in [0, 0.1) is 12.8 Å². The summed E-state index contributed by atoms with van der Waals surface area (Å²) in [7, 11) is 1.62. The number of alkyl halides is 3. The van der Waals surface area contributed by atoms with Crippen molar-refractivity contribution < 1.29 is 22.6 Å². The number of benzene rings is 1. The monoisotopic (exact) mass is 423 g/mol. The number of aromatic nitrogens is 3. The smallest absolute Gasteiger partial charge is 0.406 e. The van der Waals surface area contributed by atoms with Crippen molar-refractivity contribution in [3.63, 3.8) is 0 Å². The Bertz CT molecular complexity index is 903. The minimum atomic E-state index is -4.74. The highest BCUT2D eigenvalue weighted by atomic mass is 19.4. The number of methoxy groups -OCH3 is 1. The fraction of sp³-hybridized carbons (Fsp3) is 0.455. The van der Waals surface area contributed by atoms with Crippen LogP contribution in [0.25, 0.3) is 6.08 Å². The van der Waals surface area contributed by atoms with Gasteiger partial charge in [-0.15, -0.1) is 13.2 Å². The molecular weight excluding hydrogens is 395 g/mol. The molecule has 164 valence electrons. The molecule has 0 bridgehead atoms. The molecule has 2 rings (SSSR count). The highest BCUT2D eigenvalue weighted by Crippen LogP contribution is 2.42. The second-order valence-electron chi connectivity index (χ2n) is 7.40. The number of halogens is 3. The largest absolute Gasteiger partial charge is 0.573 e. The number of H-pyrrole nitrogens is 1. The van der Waals surface area contributed by atoms with Crippen LogP contribution in [0.1, 0.15) is 50.9 Å². The van der Waals surface area contributed by atoms with Crippen molar-refractivity contribution in [2.75, 3.05) is 7.11 Å². The molecule has 0 saturated heterocycles. The molecule has 1 aromatic carbocycles. The lowest BCUT2D eigenvalue weighted by molar-refractivity contribution is -0.274. The van der Waals surface area contributed by atoms with E-state index < -0.39 is 12.0 Å². The van der Waals surface area contributed by atoms with Crippen molar-refractivity contribution in [2.45, 2.75) is 53.0 Å². The predicted molar refractivity (Wildman–Crippen MR) is 110 cm³/mol. The maximum absolute atomic E-state index is 12.6. The van der Waals surface area contributed by atoms with E-state index in [1.165, 1.54) is 12.1 Å². The number of aromatic amines is 1. The number of rotatable bonds is 8. The van der Waals surface area contributed by atoms with Crippen LogP contribution in [-0.2, 0) is 10.3 Å². The Labute approximate surface area is 175 Å². The fourth-order valence-corrected chi connectivity index (χ4v) is 3.52. The summed E-state index contributed by atoms with van der Waals surface area (Å²) >= 11 is 0. The van der Waals surface area contributed by atoms with Crippen molar-refractivity contribution in [1.29, 1.82) is 0 Å². The molecule has 0 saturated carbocycles. The van der Waals surface area contributed by atoms with Crippen molar-refractivity contribution in [1.82, 2.24) is 15.4 Å². The summed E-state index contributed by atoms with van der Waals surface area (Å²) in [6, 6.07) is 4.27. The van der Waals surface area contributed by atoms with E-state index in [2.05, 4.69) is 20.1 Å². The maximum Gasteiger partial charge on any atom is 0.573 e. The van der Waals surface area contributed by atoms with Crippen LogP contribution in [0.3, 0.4) is 0 Å². The molecule has 1 unspecified atom stereocenters. The Morgan fingerprint density at radius 2 is 1.97 bits per heavy atom. The summed E-state index contributed by atoms with van der Waals surface area (Å²) in [6.45, 7) is 9.93. The van der Waals surface area contributed by atoms with Crippen LogP contribution < -0.4 is 4.74 Å². The van der Waals surface area contributed by atoms with E-state index in [1.807, 2.05) is 40.7 Å². The lowest BCUT2D eigenvalue weighted by atomic mass is 9.77. The molecule has 0 spiro atoms. The first-order valence-electron chi connectivity index (χ1n) is 9.71. The molecule has 0 aliphatic carbocycles. The minimum absolute atomic E-state index is 0.00902. The van der Waals surface area contributed by atoms with E-state index in [0.29, 0.717) is 11.3 Å². The van der Waals surface area contributed by atoms with Gasteiger partial charge in [-0.05, 0) is 55.0 Å². The molecule has 1 N–H and O–H groups in total. The zero-order valence-electron chi connectivity index (χ0n) is 18.1. The van der Waals surface area contributed by atoms with Gasteiger partial charge in [-0.2, -0.15) is 15.4 Å². The third-order valence-corrected chi connectivity index (χ3v) is 5.23. The summed E-state index contributed by atoms with van der Waals surface area (Å²) in [4.78, 5) is 0. The van der Waals surface area contributed by atoms with Gasteiger partial charge in [0.1, 0.15) is 17.0 Å². The topological polar surface area (TPSA) is 60.0 Å². The van der Waals surface area contributed by atoms with E-state index in [0.717, 1.165) is 23.1 Å². The Hall–Kier alpha value is -2.61. The first-order chi connectivity index (χ1) is 14.0. The third kappa shape index (κ3) is 5.11. The Morgan fingerprint density at radius 1 is 1.27 bits per heavy atom. The molecule has 1 aromatic heterocycles. The molecule has 2 aromatic rings. The second kappa shape index (κ2) is 9.47. The molecule has 8 heteroatoms. The van der Waals surface area contributed by atoms with Gasteiger partial charge in [0.05, 0.1) is 6.20 Å². The summed E-state index contributed by atoms with van der Waals surface area (Å²) in [5.41, 5.74) is 3.18. The van der Waals surface area contributed by atoms with Crippen LogP contribution in [-0.4, -0.2) is 28.9 Å². The lowest BCUT2D eigenvalue weighted by Gasteiger charge is -2.37. The summed E-state index contributed by atoms with van der Waals surface area (Å²) in [5, 5.41) is 10.8. The Kier molecular flexibility index (Phi) is 7.47. The first-order valence-corrected chi connectivity index (χ1v) is 9.71. The van der Waals surface area contributed by atoms with Gasteiger partial charge in [0.2, 0.25) is 0 Å². The normalized spacial score (nSPS) is 15.4. The number of ether oxygens (including phenoxy) is 2. The van der Waals surface area contributed by atoms with Crippen molar-refractivity contribution in [2.24, 2.45) is 5.92 Å². The molecule has 0 fully saturated rings. The molecule has 0 aliphatic heterocycles. The van der Waals surface area contributed by atoms with Crippen LogP contribution in [0.4, 0.5) is 13.2 Å². The zero-order chi connectivity index (χ0) is 22.5. The van der Waals surface area contributed by atoms with Crippen molar-refractivity contribution >= 4 is 6.08 Å². The Morgan fingerprint density at radius 3 is 2.47 bits per heavy atom. The predicted octanol–water partition coefficient (Wildman–Crippen LogP) is 5.95. The van der Waals surface area contributed by atoms with Crippen LogP contribution in [0.5, 0.6) is 5.75 Å². The number of hydrogen-bond acceptors (Lipinski definition) is 4. The third-order valence-electron chi connectivity index (χ3n) is 5.23. The SMILES string of the molecule is CCC(C)=C(C=Cc1cc(OC(F)(F)F)ccc1C)C(OC)(c1cn[nH]n1)C(C)C. The van der Waals surface area contributed by atoms with E-state index in [-0.39, 0.29) is 11.7 Å². The van der Waals surface area contributed by atoms with E-state index in [4.69, 9.17) is 4.74 Å². The highest BCUT2D eigenvalue weighted by Gasteiger charge is 2.42. The molecule has 1 atom stereocenters. The number of allylic oxidation sites excluding steroid dienone is 1. The quantitative estimate of drug-likeness (QED) is 0.533. The fourth-order valence-electron chi connectivity index (χ4n) is 3.52. The lowest BCUT2D eigenvalue weighted by Crippen LogP contribution is -2.37. The Balaban J connectivity index is 2.58. The molecule has 0 radical (unpaired) electrons. The molecule has 1 heterocycles. The molecular formula is C22H28F3N3O2. The maximum atomic E-state index is 12.6. The molecule has 30 heavy (non-hydrogen) atoms. The van der Waals surface area contributed by atoms with Gasteiger partial charge in [0.15, 0.2) is 0 Å². The zero-order valence-corrected chi connectivity index (χ0v) is 18.1. The van der Waals surface area contributed by atoms with E-state index in [1.54, 1.807) is 25.4 Å². The van der Waals surface area contributed by atoms with Gasteiger partial charge >= 0.3 is 6.36 Å². The summed E-state index contributed by atoms with van der Waals surface area (Å²) in [5.74, 6) is -0.251. The number of aryl methyl sites for hydroxylation is 1. The molecule has 0 amide bonds. The van der Waals surface area contributed by atoms with E-state index >= 15 is 0 Å². The van der Waals surface area contributed by atoms with Crippen LogP contribution in [0.15, 0.2) is 41.6 Å². The minimum Gasteiger partial charge on any atom is -0.406 e. The number of hydrogen-bond donors (Lipinski definition) is 1. The van der Waals surface area contributed by atoms with Gasteiger partial charge in [0, 0.05) is 7.11 Å². The first kappa shape index (κ1) is 23.7. The molecule has 5 nitrogen and oxygen atoms in total. The van der Waals surface area contributed by atoms with Crippen LogP contribution >= 0.6 is 0 Å². The second-order valence-corrected chi connectivity index (χ2v) is 7.40. The average molecular weight is 423 g/mol. The van der Waals surface area contributed by atoms with Gasteiger partial charge in [-0.1, -0.05) is 44.6 Å². The van der Waals surface area contributed by atoms with Gasteiger partial charge in [-0.25, -0.2) is 0 Å². The summed E-state index contributed by atoms with van der Waals surface area (Å²) in [6.07, 6.45) is 1.32.